The van der Waals surface area contributed by atoms with Gasteiger partial charge in [-0.1, -0.05) is 43.0 Å². The number of thioether (sulfide) groups is 1. The smallest absolute Gasteiger partial charge is 0.335 e. The zero-order valence-electron chi connectivity index (χ0n) is 18.1. The van der Waals surface area contributed by atoms with Crippen LogP contribution in [0.5, 0.6) is 0 Å². The lowest BCUT2D eigenvalue weighted by Gasteiger charge is -2.14. The Bertz CT molecular complexity index is 1040. The molecule has 3 amide bonds. The molecule has 1 heterocycles. The first-order valence-electron chi connectivity index (χ1n) is 10.5. The van der Waals surface area contributed by atoms with Crippen LogP contribution in [0.15, 0.2) is 42.5 Å². The minimum Gasteiger partial charge on any atom is -0.478 e. The topological polar surface area (TPSA) is 104 Å². The van der Waals surface area contributed by atoms with Gasteiger partial charge in [-0.25, -0.2) is 4.79 Å². The maximum Gasteiger partial charge on any atom is 0.335 e. The largest absolute Gasteiger partial charge is 0.478 e. The number of carbonyl (C=O) groups is 4. The van der Waals surface area contributed by atoms with Crippen molar-refractivity contribution in [3.05, 3.63) is 64.7 Å². The van der Waals surface area contributed by atoms with Crippen LogP contribution in [-0.4, -0.2) is 44.8 Å². The summed E-state index contributed by atoms with van der Waals surface area (Å²) in [5.41, 5.74) is 3.49. The predicted molar refractivity (Wildman–Crippen MR) is 124 cm³/mol. The molecule has 1 saturated heterocycles. The Hall–Kier alpha value is -3.13. The first-order valence-corrected chi connectivity index (χ1v) is 11.4. The third-order valence-electron chi connectivity index (χ3n) is 5.38. The summed E-state index contributed by atoms with van der Waals surface area (Å²) in [5.74, 6) is -1.49. The second kappa shape index (κ2) is 10.5. The highest BCUT2D eigenvalue weighted by molar-refractivity contribution is 8.15. The van der Waals surface area contributed by atoms with Gasteiger partial charge in [-0.15, -0.1) is 0 Å². The van der Waals surface area contributed by atoms with E-state index < -0.39 is 11.2 Å². The van der Waals surface area contributed by atoms with Crippen LogP contribution >= 0.6 is 11.8 Å². The number of aromatic carboxylic acids is 1. The Kier molecular flexibility index (Phi) is 7.69. The molecule has 2 aromatic carbocycles. The Labute approximate surface area is 191 Å². The van der Waals surface area contributed by atoms with Crippen LogP contribution < -0.4 is 5.32 Å². The highest BCUT2D eigenvalue weighted by Gasteiger charge is 2.39. The van der Waals surface area contributed by atoms with Gasteiger partial charge < -0.3 is 10.4 Å². The van der Waals surface area contributed by atoms with Crippen molar-refractivity contribution in [1.82, 2.24) is 4.90 Å². The van der Waals surface area contributed by atoms with E-state index in [-0.39, 0.29) is 35.6 Å². The minimum atomic E-state index is -1.02. The molecule has 0 radical (unpaired) electrons. The molecule has 0 aliphatic carbocycles. The number of hydrogen-bond donors (Lipinski definition) is 2. The number of carbonyl (C=O) groups excluding carboxylic acids is 3. The van der Waals surface area contributed by atoms with E-state index in [1.54, 1.807) is 13.0 Å². The highest BCUT2D eigenvalue weighted by Crippen LogP contribution is 2.30. The van der Waals surface area contributed by atoms with Crippen molar-refractivity contribution in [3.8, 4) is 0 Å². The summed E-state index contributed by atoms with van der Waals surface area (Å²) in [6, 6.07) is 12.6. The molecule has 1 fully saturated rings. The summed E-state index contributed by atoms with van der Waals surface area (Å²) >= 11 is 1.04. The number of nitrogens with zero attached hydrogens (tertiary/aromatic N) is 1. The number of benzene rings is 2. The molecule has 1 aliphatic rings. The normalized spacial score (nSPS) is 15.8. The highest BCUT2D eigenvalue weighted by atomic mass is 32.2. The number of carboxylic acid groups (broad SMARTS) is 1. The van der Waals surface area contributed by atoms with E-state index in [1.807, 2.05) is 24.3 Å². The molecule has 3 rings (SSSR count). The van der Waals surface area contributed by atoms with Crippen LogP contribution in [0.25, 0.3) is 0 Å². The van der Waals surface area contributed by atoms with Crippen molar-refractivity contribution in [3.63, 3.8) is 0 Å². The zero-order chi connectivity index (χ0) is 23.3. The molecular weight excluding hydrogens is 428 g/mol. The molecule has 0 aromatic heterocycles. The average Bonchev–Trinajstić information content (AvgIpc) is 3.01. The van der Waals surface area contributed by atoms with Crippen LogP contribution in [0.1, 0.15) is 46.8 Å². The first kappa shape index (κ1) is 23.5. The fourth-order valence-corrected chi connectivity index (χ4v) is 4.61. The van der Waals surface area contributed by atoms with Crippen molar-refractivity contribution < 1.29 is 24.3 Å². The van der Waals surface area contributed by atoms with E-state index in [0.717, 1.165) is 23.7 Å². The number of rotatable bonds is 9. The van der Waals surface area contributed by atoms with Crippen molar-refractivity contribution in [1.29, 1.82) is 0 Å². The summed E-state index contributed by atoms with van der Waals surface area (Å²) < 4.78 is 0. The van der Waals surface area contributed by atoms with Gasteiger partial charge in [0.05, 0.1) is 10.8 Å². The van der Waals surface area contributed by atoms with E-state index in [0.29, 0.717) is 24.1 Å². The molecule has 2 aromatic rings. The summed E-state index contributed by atoms with van der Waals surface area (Å²) in [5, 5.41) is 11.1. The van der Waals surface area contributed by atoms with Crippen molar-refractivity contribution >= 4 is 40.5 Å². The van der Waals surface area contributed by atoms with Crippen LogP contribution in [0.3, 0.4) is 0 Å². The lowest BCUT2D eigenvalue weighted by Crippen LogP contribution is -2.33. The molecule has 168 valence electrons. The van der Waals surface area contributed by atoms with Crippen LogP contribution in [0.2, 0.25) is 0 Å². The Morgan fingerprint density at radius 1 is 1.09 bits per heavy atom. The van der Waals surface area contributed by atoms with Crippen LogP contribution in [-0.2, 0) is 22.4 Å². The van der Waals surface area contributed by atoms with Crippen LogP contribution in [0.4, 0.5) is 10.5 Å². The average molecular weight is 455 g/mol. The number of hydrogen-bond acceptors (Lipinski definition) is 5. The lowest BCUT2D eigenvalue weighted by molar-refractivity contribution is -0.127. The molecule has 1 atom stereocenters. The van der Waals surface area contributed by atoms with Gasteiger partial charge in [0.2, 0.25) is 11.8 Å². The maximum absolute atomic E-state index is 12.7. The number of imide groups is 1. The second-order valence-electron chi connectivity index (χ2n) is 7.72. The third kappa shape index (κ3) is 5.76. The van der Waals surface area contributed by atoms with Crippen LogP contribution in [0, 0.1) is 6.92 Å². The van der Waals surface area contributed by atoms with Gasteiger partial charge in [-0.05, 0) is 61.1 Å². The number of amides is 3. The monoisotopic (exact) mass is 454 g/mol. The summed E-state index contributed by atoms with van der Waals surface area (Å²) in [6.07, 6.45) is 1.95. The van der Waals surface area contributed by atoms with E-state index in [9.17, 15) is 19.2 Å². The Balaban J connectivity index is 1.48. The molecule has 0 bridgehead atoms. The summed E-state index contributed by atoms with van der Waals surface area (Å²) in [4.78, 5) is 49.5. The third-order valence-corrected chi connectivity index (χ3v) is 6.46. The van der Waals surface area contributed by atoms with Crippen molar-refractivity contribution in [2.75, 3.05) is 11.9 Å². The standard InChI is InChI=1S/C24H26N2O5S/c1-3-16-6-8-17(9-7-16)14-20-22(28)26(24(31)32-20)12-4-5-21(27)25-18-10-11-19(23(29)30)15(2)13-18/h6-11,13,20H,3-5,12,14H2,1-2H3,(H,25,27)(H,29,30). The molecule has 7 nitrogen and oxygen atoms in total. The number of carboxylic acids is 1. The fraction of sp³-hybridized carbons (Fsp3) is 0.333. The number of nitrogens with one attached hydrogen (secondary N) is 1. The van der Waals surface area contributed by atoms with Gasteiger partial charge in [-0.2, -0.15) is 0 Å². The summed E-state index contributed by atoms with van der Waals surface area (Å²) in [7, 11) is 0. The molecular formula is C24H26N2O5S. The van der Waals surface area contributed by atoms with Gasteiger partial charge in [0.25, 0.3) is 5.24 Å². The van der Waals surface area contributed by atoms with Gasteiger partial charge in [-0.3, -0.25) is 19.3 Å². The number of aryl methyl sites for hydroxylation is 2. The van der Waals surface area contributed by atoms with E-state index in [4.69, 9.17) is 5.11 Å². The lowest BCUT2D eigenvalue weighted by atomic mass is 10.1. The maximum atomic E-state index is 12.7. The van der Waals surface area contributed by atoms with Crippen molar-refractivity contribution in [2.24, 2.45) is 0 Å². The Morgan fingerprint density at radius 2 is 1.78 bits per heavy atom. The van der Waals surface area contributed by atoms with Gasteiger partial charge in [0, 0.05) is 18.7 Å². The molecule has 0 saturated carbocycles. The first-order chi connectivity index (χ1) is 15.3. The van der Waals surface area contributed by atoms with Gasteiger partial charge in [0.1, 0.15) is 0 Å². The molecule has 8 heteroatoms. The van der Waals surface area contributed by atoms with E-state index in [2.05, 4.69) is 12.2 Å². The van der Waals surface area contributed by atoms with Crippen molar-refractivity contribution in [2.45, 2.75) is 44.8 Å². The van der Waals surface area contributed by atoms with Gasteiger partial charge >= 0.3 is 5.97 Å². The van der Waals surface area contributed by atoms with E-state index >= 15 is 0 Å². The predicted octanol–water partition coefficient (Wildman–Crippen LogP) is 4.28. The number of anilines is 1. The molecule has 1 aliphatic heterocycles. The molecule has 2 N–H and O–H groups in total. The SMILES string of the molecule is CCc1ccc(CC2SC(=O)N(CCCC(=O)Nc3ccc(C(=O)O)c(C)c3)C2=O)cc1. The van der Waals surface area contributed by atoms with E-state index in [1.165, 1.54) is 22.6 Å². The molecule has 32 heavy (non-hydrogen) atoms. The minimum absolute atomic E-state index is 0.143. The quantitative estimate of drug-likeness (QED) is 0.586. The molecule has 0 spiro atoms. The summed E-state index contributed by atoms with van der Waals surface area (Å²) in [6.45, 7) is 3.94. The Morgan fingerprint density at radius 3 is 2.41 bits per heavy atom. The van der Waals surface area contributed by atoms with Gasteiger partial charge in [0.15, 0.2) is 0 Å². The second-order valence-corrected chi connectivity index (χ2v) is 8.88. The fourth-order valence-electron chi connectivity index (χ4n) is 3.56. The molecule has 1 unspecified atom stereocenters. The zero-order valence-corrected chi connectivity index (χ0v) is 18.9.